The van der Waals surface area contributed by atoms with Crippen molar-refractivity contribution in [1.29, 1.82) is 0 Å². The topological polar surface area (TPSA) is 90.5 Å². The van der Waals surface area contributed by atoms with Gasteiger partial charge in [-0.15, -0.1) is 0 Å². The summed E-state index contributed by atoms with van der Waals surface area (Å²) in [4.78, 5) is 25.7. The van der Waals surface area contributed by atoms with Crippen molar-refractivity contribution in [2.75, 3.05) is 13.2 Å². The second-order valence-corrected chi connectivity index (χ2v) is 7.97. The van der Waals surface area contributed by atoms with Gasteiger partial charge in [0, 0.05) is 18.7 Å². The summed E-state index contributed by atoms with van der Waals surface area (Å²) in [6, 6.07) is 13.5. The average Bonchev–Trinajstić information content (AvgIpc) is 3.06. The molecule has 1 amide bonds. The van der Waals surface area contributed by atoms with Crippen LogP contribution in [0.4, 0.5) is 5.69 Å². The quantitative estimate of drug-likeness (QED) is 0.431. The molecule has 0 fully saturated rings. The molecule has 0 N–H and O–H groups in total. The zero-order chi connectivity index (χ0) is 22.8. The van der Waals surface area contributed by atoms with Crippen LogP contribution in [0.1, 0.15) is 45.4 Å². The van der Waals surface area contributed by atoms with Gasteiger partial charge in [-0.25, -0.2) is 0 Å². The Kier molecular flexibility index (Phi) is 5.94. The number of fused-ring (bicyclic) bond motifs is 1. The molecule has 0 atom stereocenters. The van der Waals surface area contributed by atoms with Gasteiger partial charge < -0.3 is 9.64 Å². The number of aromatic nitrogens is 2. The Hall–Kier alpha value is -3.68. The van der Waals surface area contributed by atoms with E-state index in [9.17, 15) is 14.9 Å². The van der Waals surface area contributed by atoms with E-state index in [4.69, 9.17) is 4.74 Å². The second kappa shape index (κ2) is 8.82. The molecule has 0 bridgehead atoms. The minimum absolute atomic E-state index is 0.00855. The molecule has 166 valence electrons. The zero-order valence-corrected chi connectivity index (χ0v) is 18.5. The third kappa shape index (κ3) is 4.21. The van der Waals surface area contributed by atoms with E-state index in [0.29, 0.717) is 43.2 Å². The number of benzene rings is 2. The van der Waals surface area contributed by atoms with Crippen LogP contribution in [0.5, 0.6) is 5.75 Å². The van der Waals surface area contributed by atoms with E-state index in [1.165, 1.54) is 5.56 Å². The lowest BCUT2D eigenvalue weighted by Gasteiger charge is -2.29. The van der Waals surface area contributed by atoms with E-state index >= 15 is 0 Å². The van der Waals surface area contributed by atoms with Crippen molar-refractivity contribution < 1.29 is 14.5 Å². The number of carbonyl (C=O) groups excluding carboxylic acids is 1. The smallest absolute Gasteiger partial charge is 0.312 e. The minimum Gasteiger partial charge on any atom is -0.494 e. The van der Waals surface area contributed by atoms with E-state index in [1.807, 2.05) is 48.2 Å². The maximum Gasteiger partial charge on any atom is 0.312 e. The molecule has 8 nitrogen and oxygen atoms in total. The van der Waals surface area contributed by atoms with Crippen molar-refractivity contribution in [1.82, 2.24) is 14.7 Å². The number of ether oxygens (including phenoxy) is 1. The van der Waals surface area contributed by atoms with Gasteiger partial charge >= 0.3 is 5.69 Å². The molecular formula is C24H26N4O4. The van der Waals surface area contributed by atoms with Crippen molar-refractivity contribution in [3.63, 3.8) is 0 Å². The fraction of sp³-hybridized carbons (Fsp3) is 0.333. The lowest BCUT2D eigenvalue weighted by Crippen LogP contribution is -2.35. The second-order valence-electron chi connectivity index (χ2n) is 7.97. The van der Waals surface area contributed by atoms with Gasteiger partial charge in [-0.1, -0.05) is 18.2 Å². The Morgan fingerprint density at radius 2 is 1.91 bits per heavy atom. The summed E-state index contributed by atoms with van der Waals surface area (Å²) < 4.78 is 7.22. The molecule has 4 rings (SSSR count). The van der Waals surface area contributed by atoms with Gasteiger partial charge in [-0.3, -0.25) is 19.6 Å². The molecule has 0 saturated carbocycles. The molecule has 0 radical (unpaired) electrons. The Bertz CT molecular complexity index is 1170. The number of hydrogen-bond acceptors (Lipinski definition) is 5. The van der Waals surface area contributed by atoms with Gasteiger partial charge in [0.1, 0.15) is 17.1 Å². The Morgan fingerprint density at radius 3 is 2.56 bits per heavy atom. The van der Waals surface area contributed by atoms with Crippen LogP contribution in [0.15, 0.2) is 42.5 Å². The lowest BCUT2D eigenvalue weighted by molar-refractivity contribution is -0.386. The predicted octanol–water partition coefficient (Wildman–Crippen LogP) is 4.05. The first-order chi connectivity index (χ1) is 15.4. The van der Waals surface area contributed by atoms with Gasteiger partial charge in [0.2, 0.25) is 0 Å². The molecule has 2 heterocycles. The summed E-state index contributed by atoms with van der Waals surface area (Å²) >= 11 is 0. The van der Waals surface area contributed by atoms with Crippen molar-refractivity contribution in [3.8, 4) is 5.75 Å². The molecular weight excluding hydrogens is 408 g/mol. The molecule has 3 aromatic rings. The summed E-state index contributed by atoms with van der Waals surface area (Å²) in [6.07, 6.45) is 0.822. The Balaban J connectivity index is 1.46. The molecule has 2 aromatic carbocycles. The summed E-state index contributed by atoms with van der Waals surface area (Å²) in [5.74, 6) is 0.819. The molecule has 1 aliphatic rings. The summed E-state index contributed by atoms with van der Waals surface area (Å²) in [5.41, 5.74) is 4.90. The Labute approximate surface area is 186 Å². The Morgan fingerprint density at radius 1 is 1.16 bits per heavy atom. The highest BCUT2D eigenvalue weighted by Crippen LogP contribution is 2.26. The van der Waals surface area contributed by atoms with Crippen molar-refractivity contribution in [3.05, 3.63) is 86.2 Å². The predicted molar refractivity (Wildman–Crippen MR) is 120 cm³/mol. The number of nitro groups is 1. The van der Waals surface area contributed by atoms with Crippen LogP contribution < -0.4 is 4.74 Å². The molecule has 0 unspecified atom stereocenters. The number of rotatable bonds is 6. The van der Waals surface area contributed by atoms with Gasteiger partial charge in [-0.05, 0) is 68.1 Å². The normalized spacial score (nSPS) is 13.0. The number of nitrogens with zero attached hydrogens (tertiary/aromatic N) is 4. The van der Waals surface area contributed by atoms with E-state index in [-0.39, 0.29) is 11.6 Å². The molecule has 0 aliphatic carbocycles. The largest absolute Gasteiger partial charge is 0.494 e. The van der Waals surface area contributed by atoms with Crippen molar-refractivity contribution in [2.24, 2.45) is 0 Å². The first-order valence-corrected chi connectivity index (χ1v) is 10.7. The fourth-order valence-corrected chi connectivity index (χ4v) is 4.18. The van der Waals surface area contributed by atoms with Crippen LogP contribution in [0.2, 0.25) is 0 Å². The van der Waals surface area contributed by atoms with Crippen LogP contribution in [-0.4, -0.2) is 38.7 Å². The van der Waals surface area contributed by atoms with Gasteiger partial charge in [0.25, 0.3) is 5.91 Å². The van der Waals surface area contributed by atoms with E-state index in [0.717, 1.165) is 23.3 Å². The monoisotopic (exact) mass is 434 g/mol. The van der Waals surface area contributed by atoms with Crippen LogP contribution in [-0.2, 0) is 19.5 Å². The van der Waals surface area contributed by atoms with Gasteiger partial charge in [0.15, 0.2) is 0 Å². The average molecular weight is 434 g/mol. The van der Waals surface area contributed by atoms with Crippen LogP contribution in [0.25, 0.3) is 0 Å². The lowest BCUT2D eigenvalue weighted by atomic mass is 9.98. The van der Waals surface area contributed by atoms with E-state index < -0.39 is 4.92 Å². The molecule has 1 aromatic heterocycles. The van der Waals surface area contributed by atoms with Crippen LogP contribution in [0, 0.1) is 24.0 Å². The third-order valence-corrected chi connectivity index (χ3v) is 5.85. The molecule has 0 spiro atoms. The van der Waals surface area contributed by atoms with E-state index in [2.05, 4.69) is 11.2 Å². The first kappa shape index (κ1) is 21.5. The highest BCUT2D eigenvalue weighted by atomic mass is 16.6. The van der Waals surface area contributed by atoms with Gasteiger partial charge in [0.05, 0.1) is 18.1 Å². The minimum atomic E-state index is -0.399. The SMILES string of the molecule is CCOc1ccc2c(c1)CN(C(=O)c1ccc(Cn3nc(C)c([N+](=O)[O-])c3C)cc1)CC2. The number of aryl methyl sites for hydroxylation is 1. The van der Waals surface area contributed by atoms with E-state index in [1.54, 1.807) is 18.5 Å². The molecule has 0 saturated heterocycles. The molecule has 32 heavy (non-hydrogen) atoms. The summed E-state index contributed by atoms with van der Waals surface area (Å²) in [5, 5.41) is 15.5. The molecule has 1 aliphatic heterocycles. The maximum absolute atomic E-state index is 13.1. The van der Waals surface area contributed by atoms with Gasteiger partial charge in [-0.2, -0.15) is 5.10 Å². The van der Waals surface area contributed by atoms with Crippen molar-refractivity contribution >= 4 is 11.6 Å². The van der Waals surface area contributed by atoms with Crippen LogP contribution >= 0.6 is 0 Å². The summed E-state index contributed by atoms with van der Waals surface area (Å²) in [7, 11) is 0. The first-order valence-electron chi connectivity index (χ1n) is 10.7. The fourth-order valence-electron chi connectivity index (χ4n) is 4.18. The number of carbonyl (C=O) groups is 1. The third-order valence-electron chi connectivity index (χ3n) is 5.85. The standard InChI is InChI=1S/C24H26N4O4/c1-4-32-22-10-9-19-11-12-26(15-21(19)13-22)24(29)20-7-5-18(6-8-20)14-27-17(3)23(28(30)31)16(2)25-27/h5-10,13H,4,11-12,14-15H2,1-3H3. The van der Waals surface area contributed by atoms with Crippen LogP contribution in [0.3, 0.4) is 0 Å². The molecule has 8 heteroatoms. The number of hydrogen-bond donors (Lipinski definition) is 0. The highest BCUT2D eigenvalue weighted by Gasteiger charge is 2.23. The maximum atomic E-state index is 13.1. The highest BCUT2D eigenvalue weighted by molar-refractivity contribution is 5.94. The summed E-state index contributed by atoms with van der Waals surface area (Å²) in [6.45, 7) is 7.54. The van der Waals surface area contributed by atoms with Crippen molar-refractivity contribution in [2.45, 2.75) is 40.3 Å². The zero-order valence-electron chi connectivity index (χ0n) is 18.5. The number of amides is 1.